The van der Waals surface area contributed by atoms with Crippen molar-refractivity contribution in [3.8, 4) is 0 Å². The molecule has 1 fully saturated rings. The SMILES string of the molecule is O=C(O)c1csc(CNC(=O)C2CC2c2ccc(F)cc2)n1. The summed E-state index contributed by atoms with van der Waals surface area (Å²) in [6.45, 7) is 0.226. The Labute approximate surface area is 129 Å². The van der Waals surface area contributed by atoms with Crippen LogP contribution in [0.15, 0.2) is 29.6 Å². The first-order valence-electron chi connectivity index (χ1n) is 6.75. The van der Waals surface area contributed by atoms with Crippen molar-refractivity contribution in [3.63, 3.8) is 0 Å². The molecule has 1 aromatic heterocycles. The number of hydrogen-bond acceptors (Lipinski definition) is 4. The minimum absolute atomic E-state index is 0.00939. The Morgan fingerprint density at radius 3 is 2.73 bits per heavy atom. The fourth-order valence-corrected chi connectivity index (χ4v) is 3.06. The van der Waals surface area contributed by atoms with E-state index in [0.717, 1.165) is 12.0 Å². The summed E-state index contributed by atoms with van der Waals surface area (Å²) >= 11 is 1.20. The zero-order valence-corrected chi connectivity index (χ0v) is 12.3. The Balaban J connectivity index is 1.53. The molecule has 0 aliphatic heterocycles. The molecule has 0 spiro atoms. The molecular formula is C15H13FN2O3S. The number of thiazole rings is 1. The number of benzene rings is 1. The number of amides is 1. The molecule has 2 N–H and O–H groups in total. The molecule has 3 rings (SSSR count). The number of aromatic carboxylic acids is 1. The molecular weight excluding hydrogens is 307 g/mol. The zero-order chi connectivity index (χ0) is 15.7. The van der Waals surface area contributed by atoms with Crippen LogP contribution >= 0.6 is 11.3 Å². The molecule has 114 valence electrons. The molecule has 1 aliphatic rings. The third-order valence-corrected chi connectivity index (χ3v) is 4.46. The number of carboxylic acid groups (broad SMARTS) is 1. The van der Waals surface area contributed by atoms with Gasteiger partial charge in [-0.25, -0.2) is 14.2 Å². The lowest BCUT2D eigenvalue weighted by Gasteiger charge is -2.03. The summed E-state index contributed by atoms with van der Waals surface area (Å²) in [5, 5.41) is 13.6. The monoisotopic (exact) mass is 320 g/mol. The van der Waals surface area contributed by atoms with Crippen LogP contribution in [0.2, 0.25) is 0 Å². The molecule has 1 saturated carbocycles. The normalized spacial score (nSPS) is 19.7. The van der Waals surface area contributed by atoms with Crippen LogP contribution in [0, 0.1) is 11.7 Å². The van der Waals surface area contributed by atoms with Gasteiger partial charge in [0.15, 0.2) is 5.69 Å². The summed E-state index contributed by atoms with van der Waals surface area (Å²) in [6, 6.07) is 6.19. The second kappa shape index (κ2) is 5.84. The maximum absolute atomic E-state index is 12.9. The molecule has 7 heteroatoms. The van der Waals surface area contributed by atoms with Crippen molar-refractivity contribution < 1.29 is 19.1 Å². The number of nitrogens with zero attached hydrogens (tertiary/aromatic N) is 1. The molecule has 2 unspecified atom stereocenters. The van der Waals surface area contributed by atoms with E-state index in [-0.39, 0.29) is 35.8 Å². The first kappa shape index (κ1) is 14.6. The van der Waals surface area contributed by atoms with E-state index in [9.17, 15) is 14.0 Å². The van der Waals surface area contributed by atoms with Gasteiger partial charge in [-0.05, 0) is 30.0 Å². The van der Waals surface area contributed by atoms with Crippen LogP contribution in [0.4, 0.5) is 4.39 Å². The van der Waals surface area contributed by atoms with Gasteiger partial charge in [0.1, 0.15) is 10.8 Å². The molecule has 1 amide bonds. The maximum Gasteiger partial charge on any atom is 0.355 e. The predicted octanol–water partition coefficient (Wildman–Crippen LogP) is 2.40. The van der Waals surface area contributed by atoms with E-state index in [1.165, 1.54) is 28.8 Å². The van der Waals surface area contributed by atoms with Crippen molar-refractivity contribution in [1.82, 2.24) is 10.3 Å². The average molecular weight is 320 g/mol. The van der Waals surface area contributed by atoms with Gasteiger partial charge in [-0.1, -0.05) is 12.1 Å². The first-order valence-corrected chi connectivity index (χ1v) is 7.63. The largest absolute Gasteiger partial charge is 0.476 e. The summed E-state index contributed by atoms with van der Waals surface area (Å²) in [6.07, 6.45) is 0.746. The fraction of sp³-hybridized carbons (Fsp3) is 0.267. The molecule has 0 bridgehead atoms. The summed E-state index contributed by atoms with van der Waals surface area (Å²) in [5.41, 5.74) is 0.953. The van der Waals surface area contributed by atoms with Crippen LogP contribution in [0.3, 0.4) is 0 Å². The maximum atomic E-state index is 12.9. The van der Waals surface area contributed by atoms with E-state index >= 15 is 0 Å². The van der Waals surface area contributed by atoms with E-state index in [2.05, 4.69) is 10.3 Å². The second-order valence-electron chi connectivity index (χ2n) is 5.15. The van der Waals surface area contributed by atoms with Crippen molar-refractivity contribution >= 4 is 23.2 Å². The molecule has 0 saturated heterocycles. The fourth-order valence-electron chi connectivity index (χ4n) is 2.35. The molecule has 5 nitrogen and oxygen atoms in total. The quantitative estimate of drug-likeness (QED) is 0.886. The molecule has 2 aromatic rings. The molecule has 22 heavy (non-hydrogen) atoms. The Hall–Kier alpha value is -2.28. The van der Waals surface area contributed by atoms with E-state index in [0.29, 0.717) is 5.01 Å². The average Bonchev–Trinajstić information content (AvgIpc) is 3.15. The van der Waals surface area contributed by atoms with E-state index < -0.39 is 5.97 Å². The van der Waals surface area contributed by atoms with Gasteiger partial charge >= 0.3 is 5.97 Å². The summed E-state index contributed by atoms with van der Waals surface area (Å²) in [7, 11) is 0. The van der Waals surface area contributed by atoms with Gasteiger partial charge in [-0.15, -0.1) is 11.3 Å². The predicted molar refractivity (Wildman–Crippen MR) is 78.2 cm³/mol. The van der Waals surface area contributed by atoms with Crippen LogP contribution in [-0.4, -0.2) is 22.0 Å². The topological polar surface area (TPSA) is 79.3 Å². The number of hydrogen-bond donors (Lipinski definition) is 2. The standard InChI is InChI=1S/C15H13FN2O3S/c16-9-3-1-8(2-4-9)10-5-11(10)14(19)17-6-13-18-12(7-22-13)15(20)21/h1-4,7,10-11H,5-6H2,(H,17,19)(H,20,21). The van der Waals surface area contributed by atoms with E-state index in [1.54, 1.807) is 12.1 Å². The number of aromatic nitrogens is 1. The van der Waals surface area contributed by atoms with Crippen LogP contribution in [0.5, 0.6) is 0 Å². The third-order valence-electron chi connectivity index (χ3n) is 3.61. The second-order valence-corrected chi connectivity index (χ2v) is 6.09. The van der Waals surface area contributed by atoms with Crippen molar-refractivity contribution in [2.45, 2.75) is 18.9 Å². The Bertz CT molecular complexity index is 714. The molecule has 1 aliphatic carbocycles. The lowest BCUT2D eigenvalue weighted by Crippen LogP contribution is -2.24. The van der Waals surface area contributed by atoms with Crippen LogP contribution in [0.1, 0.15) is 33.4 Å². The van der Waals surface area contributed by atoms with E-state index in [4.69, 9.17) is 5.11 Å². The van der Waals surface area contributed by atoms with Crippen molar-refractivity contribution in [3.05, 3.63) is 51.7 Å². The van der Waals surface area contributed by atoms with Gasteiger partial charge < -0.3 is 10.4 Å². The Kier molecular flexibility index (Phi) is 3.89. The van der Waals surface area contributed by atoms with Crippen molar-refractivity contribution in [1.29, 1.82) is 0 Å². The zero-order valence-electron chi connectivity index (χ0n) is 11.5. The first-order chi connectivity index (χ1) is 10.5. The Morgan fingerprint density at radius 1 is 1.36 bits per heavy atom. The number of carbonyl (C=O) groups is 2. The highest BCUT2D eigenvalue weighted by Crippen LogP contribution is 2.47. The Morgan fingerprint density at radius 2 is 2.09 bits per heavy atom. The highest BCUT2D eigenvalue weighted by molar-refractivity contribution is 7.09. The number of halogens is 1. The van der Waals surface area contributed by atoms with Crippen LogP contribution in [0.25, 0.3) is 0 Å². The van der Waals surface area contributed by atoms with Crippen LogP contribution < -0.4 is 5.32 Å². The number of carbonyl (C=O) groups excluding carboxylic acids is 1. The lowest BCUT2D eigenvalue weighted by atomic mass is 10.1. The summed E-state index contributed by atoms with van der Waals surface area (Å²) in [5.74, 6) is -1.42. The van der Waals surface area contributed by atoms with E-state index in [1.807, 2.05) is 0 Å². The van der Waals surface area contributed by atoms with Gasteiger partial charge in [-0.3, -0.25) is 4.79 Å². The smallest absolute Gasteiger partial charge is 0.355 e. The molecule has 0 radical (unpaired) electrons. The molecule has 1 aromatic carbocycles. The van der Waals surface area contributed by atoms with Gasteiger partial charge in [0.25, 0.3) is 0 Å². The number of carboxylic acids is 1. The lowest BCUT2D eigenvalue weighted by molar-refractivity contribution is -0.122. The van der Waals surface area contributed by atoms with Gasteiger partial charge in [0.2, 0.25) is 5.91 Å². The van der Waals surface area contributed by atoms with Crippen molar-refractivity contribution in [2.75, 3.05) is 0 Å². The van der Waals surface area contributed by atoms with Crippen molar-refractivity contribution in [2.24, 2.45) is 5.92 Å². The highest BCUT2D eigenvalue weighted by Gasteiger charge is 2.43. The summed E-state index contributed by atoms with van der Waals surface area (Å²) in [4.78, 5) is 26.7. The highest BCUT2D eigenvalue weighted by atomic mass is 32.1. The summed E-state index contributed by atoms with van der Waals surface area (Å²) < 4.78 is 12.9. The third kappa shape index (κ3) is 3.14. The molecule has 2 atom stereocenters. The minimum Gasteiger partial charge on any atom is -0.476 e. The van der Waals surface area contributed by atoms with Crippen LogP contribution in [-0.2, 0) is 11.3 Å². The van der Waals surface area contributed by atoms with Gasteiger partial charge in [-0.2, -0.15) is 0 Å². The van der Waals surface area contributed by atoms with Gasteiger partial charge in [0, 0.05) is 11.3 Å². The molecule has 1 heterocycles. The number of rotatable bonds is 5. The minimum atomic E-state index is -1.08. The van der Waals surface area contributed by atoms with Gasteiger partial charge in [0.05, 0.1) is 6.54 Å². The number of nitrogens with one attached hydrogen (secondary N) is 1.